The Morgan fingerprint density at radius 2 is 1.96 bits per heavy atom. The number of hydrogen-bond donors (Lipinski definition) is 2. The zero-order valence-electron chi connectivity index (χ0n) is 15.8. The Hall–Kier alpha value is -0.510. The molecule has 1 aromatic carbocycles. The number of guanidine groups is 1. The van der Waals surface area contributed by atoms with Gasteiger partial charge in [-0.1, -0.05) is 30.3 Å². The normalized spacial score (nSPS) is 16.6. The molecule has 26 heavy (non-hydrogen) atoms. The van der Waals surface area contributed by atoms with E-state index in [-0.39, 0.29) is 28.7 Å². The number of benzene rings is 1. The van der Waals surface area contributed by atoms with E-state index in [1.165, 1.54) is 5.56 Å². The fourth-order valence-corrected chi connectivity index (χ4v) is 3.51. The number of nitrogens with zero attached hydrogens (tertiary/aromatic N) is 1. The second-order valence-corrected chi connectivity index (χ2v) is 7.43. The van der Waals surface area contributed by atoms with Crippen molar-refractivity contribution in [1.82, 2.24) is 10.6 Å². The molecule has 1 aliphatic heterocycles. The largest absolute Gasteiger partial charge is 0.381 e. The lowest BCUT2D eigenvalue weighted by atomic mass is 9.99. The van der Waals surface area contributed by atoms with Gasteiger partial charge >= 0.3 is 0 Å². The summed E-state index contributed by atoms with van der Waals surface area (Å²) in [7, 11) is 0. The zero-order chi connectivity index (χ0) is 17.8. The average molecular weight is 493 g/mol. The molecular formula is C19H32IN3O2S. The summed E-state index contributed by atoms with van der Waals surface area (Å²) in [6.07, 6.45) is 4.31. The van der Waals surface area contributed by atoms with Gasteiger partial charge in [-0.05, 0) is 31.6 Å². The van der Waals surface area contributed by atoms with Crippen LogP contribution in [-0.2, 0) is 16.1 Å². The van der Waals surface area contributed by atoms with Crippen LogP contribution in [0.25, 0.3) is 0 Å². The topological polar surface area (TPSA) is 54.9 Å². The molecule has 1 saturated heterocycles. The van der Waals surface area contributed by atoms with E-state index >= 15 is 0 Å². The molecule has 7 heteroatoms. The first kappa shape index (κ1) is 23.5. The average Bonchev–Trinajstić information content (AvgIpc) is 2.67. The van der Waals surface area contributed by atoms with Crippen LogP contribution in [0, 0.1) is 0 Å². The van der Waals surface area contributed by atoms with Gasteiger partial charge in [0.25, 0.3) is 0 Å². The maximum Gasteiger partial charge on any atom is 0.191 e. The van der Waals surface area contributed by atoms with Crippen LogP contribution >= 0.6 is 35.7 Å². The number of rotatable bonds is 9. The van der Waals surface area contributed by atoms with Crippen LogP contribution < -0.4 is 10.6 Å². The highest BCUT2D eigenvalue weighted by Crippen LogP contribution is 2.33. The van der Waals surface area contributed by atoms with E-state index in [4.69, 9.17) is 14.5 Å². The van der Waals surface area contributed by atoms with Crippen molar-refractivity contribution in [2.75, 3.05) is 45.7 Å². The first-order valence-corrected chi connectivity index (χ1v) is 10.3. The van der Waals surface area contributed by atoms with Crippen molar-refractivity contribution in [2.24, 2.45) is 4.99 Å². The smallest absolute Gasteiger partial charge is 0.191 e. The fraction of sp³-hybridized carbons (Fsp3) is 0.632. The molecule has 2 N–H and O–H groups in total. The second kappa shape index (κ2) is 13.6. The van der Waals surface area contributed by atoms with Crippen LogP contribution in [0.4, 0.5) is 0 Å². The molecule has 1 fully saturated rings. The highest BCUT2D eigenvalue weighted by Gasteiger charge is 2.31. The van der Waals surface area contributed by atoms with Crippen molar-refractivity contribution in [3.63, 3.8) is 0 Å². The summed E-state index contributed by atoms with van der Waals surface area (Å²) < 4.78 is 11.4. The van der Waals surface area contributed by atoms with Gasteiger partial charge in [-0.3, -0.25) is 4.99 Å². The van der Waals surface area contributed by atoms with Crippen molar-refractivity contribution in [2.45, 2.75) is 31.1 Å². The molecule has 1 aromatic rings. The van der Waals surface area contributed by atoms with Gasteiger partial charge in [-0.2, -0.15) is 11.8 Å². The first-order chi connectivity index (χ1) is 12.3. The molecule has 0 bridgehead atoms. The van der Waals surface area contributed by atoms with E-state index in [0.717, 1.165) is 51.6 Å². The van der Waals surface area contributed by atoms with E-state index in [2.05, 4.69) is 35.9 Å². The molecule has 0 amide bonds. The van der Waals surface area contributed by atoms with Crippen molar-refractivity contribution in [3.05, 3.63) is 35.9 Å². The molecule has 5 nitrogen and oxygen atoms in total. The Labute approximate surface area is 179 Å². The summed E-state index contributed by atoms with van der Waals surface area (Å²) in [4.78, 5) is 4.80. The third-order valence-electron chi connectivity index (χ3n) is 4.36. The van der Waals surface area contributed by atoms with Crippen LogP contribution in [0.3, 0.4) is 0 Å². The maximum atomic E-state index is 5.72. The van der Waals surface area contributed by atoms with E-state index in [1.807, 2.05) is 30.0 Å². The van der Waals surface area contributed by atoms with Crippen LogP contribution in [0.2, 0.25) is 0 Å². The number of aliphatic imine (C=N–C) groups is 1. The molecule has 148 valence electrons. The van der Waals surface area contributed by atoms with Crippen molar-refractivity contribution in [1.29, 1.82) is 0 Å². The predicted molar refractivity (Wildman–Crippen MR) is 122 cm³/mol. The Kier molecular flexibility index (Phi) is 12.3. The summed E-state index contributed by atoms with van der Waals surface area (Å²) in [5, 5.41) is 6.68. The van der Waals surface area contributed by atoms with E-state index < -0.39 is 0 Å². The molecule has 2 rings (SSSR count). The Bertz CT molecular complexity index is 511. The minimum absolute atomic E-state index is 0. The molecule has 0 unspecified atom stereocenters. The zero-order valence-corrected chi connectivity index (χ0v) is 19.0. The van der Waals surface area contributed by atoms with Crippen LogP contribution in [0.1, 0.15) is 25.3 Å². The molecule has 0 atom stereocenters. The summed E-state index contributed by atoms with van der Waals surface area (Å²) in [6.45, 7) is 7.48. The molecular weight excluding hydrogens is 461 g/mol. The monoisotopic (exact) mass is 493 g/mol. The van der Waals surface area contributed by atoms with Gasteiger partial charge in [0, 0.05) is 31.1 Å². The highest BCUT2D eigenvalue weighted by molar-refractivity contribution is 14.0. The lowest BCUT2D eigenvalue weighted by Crippen LogP contribution is -2.41. The SMILES string of the molecule is CCNC(=NCC1(SC)CCOCC1)NCCOCc1ccccc1.I. The fourth-order valence-electron chi connectivity index (χ4n) is 2.74. The van der Waals surface area contributed by atoms with Gasteiger partial charge < -0.3 is 20.1 Å². The van der Waals surface area contributed by atoms with Crippen LogP contribution in [0.5, 0.6) is 0 Å². The molecule has 0 aromatic heterocycles. The van der Waals surface area contributed by atoms with Gasteiger partial charge in [-0.15, -0.1) is 24.0 Å². The summed E-state index contributed by atoms with van der Waals surface area (Å²) in [5.41, 5.74) is 1.20. The predicted octanol–water partition coefficient (Wildman–Crippen LogP) is 3.29. The van der Waals surface area contributed by atoms with Gasteiger partial charge in [0.1, 0.15) is 0 Å². The lowest BCUT2D eigenvalue weighted by molar-refractivity contribution is 0.0794. The van der Waals surface area contributed by atoms with Crippen molar-refractivity contribution >= 4 is 41.7 Å². The Morgan fingerprint density at radius 1 is 1.23 bits per heavy atom. The van der Waals surface area contributed by atoms with E-state index in [1.54, 1.807) is 0 Å². The first-order valence-electron chi connectivity index (χ1n) is 9.05. The molecule has 0 aliphatic carbocycles. The third-order valence-corrected chi connectivity index (χ3v) is 5.76. The molecule has 1 heterocycles. The minimum Gasteiger partial charge on any atom is -0.381 e. The molecule has 0 radical (unpaired) electrons. The Morgan fingerprint density at radius 3 is 2.62 bits per heavy atom. The third kappa shape index (κ3) is 8.45. The molecule has 1 aliphatic rings. The number of nitrogens with one attached hydrogen (secondary N) is 2. The number of hydrogen-bond acceptors (Lipinski definition) is 4. The Balaban J connectivity index is 0.00000338. The van der Waals surface area contributed by atoms with Gasteiger partial charge in [0.15, 0.2) is 5.96 Å². The van der Waals surface area contributed by atoms with Gasteiger partial charge in [0.05, 0.1) is 19.8 Å². The minimum atomic E-state index is 0. The van der Waals surface area contributed by atoms with Crippen molar-refractivity contribution < 1.29 is 9.47 Å². The second-order valence-electron chi connectivity index (χ2n) is 6.16. The summed E-state index contributed by atoms with van der Waals surface area (Å²) >= 11 is 1.92. The van der Waals surface area contributed by atoms with Crippen LogP contribution in [0.15, 0.2) is 35.3 Å². The van der Waals surface area contributed by atoms with Crippen LogP contribution in [-0.4, -0.2) is 56.4 Å². The van der Waals surface area contributed by atoms with Gasteiger partial charge in [-0.25, -0.2) is 0 Å². The standard InChI is InChI=1S/C19H31N3O2S.HI/c1-3-20-18(22-16-19(25-2)9-12-23-13-10-19)21-11-14-24-15-17-7-5-4-6-8-17;/h4-8H,3,9-16H2,1-2H3,(H2,20,21,22);1H. The summed E-state index contributed by atoms with van der Waals surface area (Å²) in [5.74, 6) is 0.866. The highest BCUT2D eigenvalue weighted by atomic mass is 127. The maximum absolute atomic E-state index is 5.72. The molecule has 0 spiro atoms. The van der Waals surface area contributed by atoms with E-state index in [0.29, 0.717) is 13.2 Å². The molecule has 0 saturated carbocycles. The number of ether oxygens (including phenoxy) is 2. The number of thioether (sulfide) groups is 1. The van der Waals surface area contributed by atoms with Crippen molar-refractivity contribution in [3.8, 4) is 0 Å². The quantitative estimate of drug-likeness (QED) is 0.239. The number of halogens is 1. The van der Waals surface area contributed by atoms with Gasteiger partial charge in [0.2, 0.25) is 0 Å². The van der Waals surface area contributed by atoms with E-state index in [9.17, 15) is 0 Å². The summed E-state index contributed by atoms with van der Waals surface area (Å²) in [6, 6.07) is 10.2. The lowest BCUT2D eigenvalue weighted by Gasteiger charge is -2.34.